The Labute approximate surface area is 152 Å². The third-order valence-corrected chi connectivity index (χ3v) is 9.08. The fraction of sp³-hybridized carbons (Fsp3) is 0.611. The molecule has 1 rings (SSSR count). The van der Waals surface area contributed by atoms with E-state index in [-0.39, 0.29) is 10.9 Å². The molecule has 0 radical (unpaired) electrons. The van der Waals surface area contributed by atoms with Crippen molar-refractivity contribution in [2.45, 2.75) is 64.2 Å². The number of nitrogens with one attached hydrogen (secondary N) is 2. The molecule has 0 fully saturated rings. The molecular weight excluding hydrogens is 332 g/mol. The Kier molecular flexibility index (Phi) is 8.07. The lowest BCUT2D eigenvalue weighted by molar-refractivity contribution is -0.117. The van der Waals surface area contributed by atoms with Gasteiger partial charge >= 0.3 is 0 Å². The lowest BCUT2D eigenvalue weighted by Gasteiger charge is -2.36. The highest BCUT2D eigenvalue weighted by Gasteiger charge is 2.38. The Morgan fingerprint density at radius 2 is 1.80 bits per heavy atom. The molecule has 0 heterocycles. The first-order valence-corrected chi connectivity index (χ1v) is 11.8. The van der Waals surface area contributed by atoms with Gasteiger partial charge in [-0.15, -0.1) is 0 Å². The molecule has 0 aromatic heterocycles. The van der Waals surface area contributed by atoms with Crippen LogP contribution in [0, 0.1) is 0 Å². The fourth-order valence-corrected chi connectivity index (χ4v) is 3.04. The quantitative estimate of drug-likeness (QED) is 0.233. The first kappa shape index (κ1) is 21.6. The molecule has 6 N–H and O–H groups in total. The van der Waals surface area contributed by atoms with Gasteiger partial charge in [0.2, 0.25) is 14.2 Å². The Balaban J connectivity index is 2.55. The van der Waals surface area contributed by atoms with Crippen LogP contribution in [0.1, 0.15) is 40.0 Å². The molecule has 0 saturated carbocycles. The van der Waals surface area contributed by atoms with Gasteiger partial charge in [-0.2, -0.15) is 0 Å². The number of carbonyl (C=O) groups is 1. The minimum absolute atomic E-state index is 0.145. The molecule has 0 spiro atoms. The van der Waals surface area contributed by atoms with E-state index >= 15 is 0 Å². The number of anilines is 1. The Bertz CT molecular complexity index is 541. The summed E-state index contributed by atoms with van der Waals surface area (Å²) >= 11 is 0. The van der Waals surface area contributed by atoms with E-state index in [0.29, 0.717) is 6.42 Å². The van der Waals surface area contributed by atoms with Gasteiger partial charge in [0, 0.05) is 12.2 Å². The number of carbonyl (C=O) groups excluding carboxylic acids is 1. The summed E-state index contributed by atoms with van der Waals surface area (Å²) in [5.41, 5.74) is 9.24. The molecule has 0 unspecified atom stereocenters. The zero-order valence-electron chi connectivity index (χ0n) is 16.2. The smallest absolute Gasteiger partial charge is 0.250 e. The Morgan fingerprint density at radius 1 is 1.20 bits per heavy atom. The van der Waals surface area contributed by atoms with Crippen LogP contribution in [0.3, 0.4) is 0 Å². The minimum atomic E-state index is -1.86. The monoisotopic (exact) mass is 366 g/mol. The van der Waals surface area contributed by atoms with Crippen molar-refractivity contribution in [3.8, 4) is 5.75 Å². The van der Waals surface area contributed by atoms with Gasteiger partial charge in [-0.3, -0.25) is 16.1 Å². The van der Waals surface area contributed by atoms with Gasteiger partial charge in [0.15, 0.2) is 0 Å². The largest absolute Gasteiger partial charge is 0.544 e. The number of rotatable bonds is 9. The molecule has 1 amide bonds. The lowest BCUT2D eigenvalue weighted by Crippen LogP contribution is -2.43. The van der Waals surface area contributed by atoms with Crippen LogP contribution in [0.25, 0.3) is 0 Å². The van der Waals surface area contributed by atoms with Crippen LogP contribution in [0.2, 0.25) is 18.1 Å². The number of unbranched alkanes of at least 4 members (excludes halogenated alkanes) is 1. The van der Waals surface area contributed by atoms with E-state index in [1.54, 1.807) is 0 Å². The summed E-state index contributed by atoms with van der Waals surface area (Å²) in [6, 6.07) is 6.99. The van der Waals surface area contributed by atoms with E-state index in [9.17, 15) is 4.79 Å². The van der Waals surface area contributed by atoms with Crippen LogP contribution in [-0.2, 0) is 4.79 Å². The highest BCUT2D eigenvalue weighted by molar-refractivity contribution is 6.74. The average Bonchev–Trinajstić information content (AvgIpc) is 2.51. The molecule has 6 nitrogen and oxygen atoms in total. The summed E-state index contributed by atoms with van der Waals surface area (Å²) in [6.45, 7) is 11.8. The first-order valence-electron chi connectivity index (χ1n) is 8.86. The van der Waals surface area contributed by atoms with Gasteiger partial charge < -0.3 is 15.5 Å². The van der Waals surface area contributed by atoms with Crippen LogP contribution in [-0.4, -0.2) is 26.8 Å². The average molecular weight is 367 g/mol. The van der Waals surface area contributed by atoms with Crippen LogP contribution >= 0.6 is 0 Å². The number of hydrogen-bond acceptors (Lipinski definition) is 5. The summed E-state index contributed by atoms with van der Waals surface area (Å²) in [6.07, 6.45) is 2.40. The van der Waals surface area contributed by atoms with Crippen molar-refractivity contribution in [2.75, 3.05) is 11.9 Å². The van der Waals surface area contributed by atoms with Gasteiger partial charge in [-0.25, -0.2) is 0 Å². The molecular formula is C18H34N4O2Si. The van der Waals surface area contributed by atoms with Gasteiger partial charge in [-0.05, 0) is 55.2 Å². The molecule has 0 aliphatic rings. The molecule has 1 aromatic rings. The second-order valence-electron chi connectivity index (χ2n) is 7.93. The van der Waals surface area contributed by atoms with E-state index in [1.807, 2.05) is 24.3 Å². The van der Waals surface area contributed by atoms with E-state index in [0.717, 1.165) is 30.8 Å². The van der Waals surface area contributed by atoms with Gasteiger partial charge in [0.05, 0.1) is 6.04 Å². The summed E-state index contributed by atoms with van der Waals surface area (Å²) in [5, 5.41) is 3.00. The van der Waals surface area contributed by atoms with Crippen molar-refractivity contribution in [3.05, 3.63) is 24.3 Å². The van der Waals surface area contributed by atoms with Crippen molar-refractivity contribution >= 4 is 19.9 Å². The molecule has 0 aliphatic carbocycles. The summed E-state index contributed by atoms with van der Waals surface area (Å²) in [5.74, 6) is 5.88. The number of hydrazine groups is 1. The number of benzene rings is 1. The maximum atomic E-state index is 12.1. The molecule has 7 heteroatoms. The second kappa shape index (κ2) is 9.33. The molecule has 0 aliphatic heterocycles. The van der Waals surface area contributed by atoms with Crippen molar-refractivity contribution in [3.63, 3.8) is 0 Å². The Hall–Kier alpha value is -1.41. The normalized spacial score (nSPS) is 13.4. The van der Waals surface area contributed by atoms with Crippen molar-refractivity contribution in [1.82, 2.24) is 5.43 Å². The van der Waals surface area contributed by atoms with Gasteiger partial charge in [0.25, 0.3) is 0 Å². The predicted molar refractivity (Wildman–Crippen MR) is 107 cm³/mol. The lowest BCUT2D eigenvalue weighted by atomic mass is 10.1. The van der Waals surface area contributed by atoms with E-state index < -0.39 is 14.4 Å². The van der Waals surface area contributed by atoms with Gasteiger partial charge in [0.1, 0.15) is 5.75 Å². The van der Waals surface area contributed by atoms with E-state index in [1.165, 1.54) is 0 Å². The number of nitrogens with two attached hydrogens (primary N) is 2. The van der Waals surface area contributed by atoms with Crippen LogP contribution < -0.4 is 26.7 Å². The van der Waals surface area contributed by atoms with E-state index in [4.69, 9.17) is 16.0 Å². The van der Waals surface area contributed by atoms with Gasteiger partial charge in [-0.1, -0.05) is 27.2 Å². The molecule has 0 saturated heterocycles. The third-order valence-electron chi connectivity index (χ3n) is 4.72. The van der Waals surface area contributed by atoms with Crippen LogP contribution in [0.4, 0.5) is 5.69 Å². The fourth-order valence-electron chi connectivity index (χ4n) is 2.01. The molecule has 0 bridgehead atoms. The zero-order chi connectivity index (χ0) is 19.1. The second-order valence-corrected chi connectivity index (χ2v) is 12.7. The summed E-state index contributed by atoms with van der Waals surface area (Å²) in [4.78, 5) is 12.1. The molecule has 142 valence electrons. The predicted octanol–water partition coefficient (Wildman–Crippen LogP) is 2.97. The highest BCUT2D eigenvalue weighted by atomic mass is 28.4. The van der Waals surface area contributed by atoms with E-state index in [2.05, 4.69) is 44.6 Å². The standard InChI is InChI=1S/C18H34N4O2Si/c1-18(2,3)25(4,5)24-15-11-9-14(10-12-15)22-17(23)16(19)8-6-7-13-21-20/h9-12,16,21H,6-8,13,19-20H2,1-5H3,(H,22,23)/t16-/m0/s1. The summed E-state index contributed by atoms with van der Waals surface area (Å²) in [7, 11) is -1.86. The number of hydrogen-bond donors (Lipinski definition) is 4. The maximum Gasteiger partial charge on any atom is 0.250 e. The van der Waals surface area contributed by atoms with Crippen molar-refractivity contribution in [2.24, 2.45) is 11.6 Å². The SMILES string of the molecule is CC(C)(C)[Si](C)(C)Oc1ccc(NC(=O)[C@@H](N)CCCCNN)cc1. The number of amides is 1. The van der Waals surface area contributed by atoms with Crippen molar-refractivity contribution < 1.29 is 9.22 Å². The zero-order valence-corrected chi connectivity index (χ0v) is 17.2. The first-order chi connectivity index (χ1) is 11.6. The Morgan fingerprint density at radius 3 is 2.32 bits per heavy atom. The molecule has 1 atom stereocenters. The maximum absolute atomic E-state index is 12.1. The van der Waals surface area contributed by atoms with Crippen molar-refractivity contribution in [1.29, 1.82) is 0 Å². The highest BCUT2D eigenvalue weighted by Crippen LogP contribution is 2.37. The minimum Gasteiger partial charge on any atom is -0.544 e. The molecule has 1 aromatic carbocycles. The molecule has 25 heavy (non-hydrogen) atoms. The summed E-state index contributed by atoms with van der Waals surface area (Å²) < 4.78 is 6.24. The topological polar surface area (TPSA) is 102 Å². The third kappa shape index (κ3) is 7.15. The van der Waals surface area contributed by atoms with Crippen LogP contribution in [0.5, 0.6) is 5.75 Å². The van der Waals surface area contributed by atoms with Crippen LogP contribution in [0.15, 0.2) is 24.3 Å².